The molecule has 0 heterocycles. The maximum Gasteiger partial charge on any atom is 0.390 e. The molecule has 0 atom stereocenters. The molecule has 1 aromatic rings. The van der Waals surface area contributed by atoms with Crippen molar-refractivity contribution in [2.45, 2.75) is 12.6 Å². The Labute approximate surface area is 94.7 Å². The lowest BCUT2D eigenvalue weighted by Crippen LogP contribution is -2.27. The molecule has 1 amide bonds. The molecule has 1 aromatic carbocycles. The van der Waals surface area contributed by atoms with Crippen LogP contribution in [0.15, 0.2) is 18.2 Å². The SMILES string of the molecule is O=C(NCCC(F)(F)F)c1cc(O)cc(O)c1. The van der Waals surface area contributed by atoms with Gasteiger partial charge in [-0.25, -0.2) is 0 Å². The van der Waals surface area contributed by atoms with Gasteiger partial charge in [-0.2, -0.15) is 13.2 Å². The van der Waals surface area contributed by atoms with Crippen LogP contribution in [-0.4, -0.2) is 28.8 Å². The number of alkyl halides is 3. The van der Waals surface area contributed by atoms with Crippen LogP contribution < -0.4 is 5.32 Å². The van der Waals surface area contributed by atoms with Gasteiger partial charge in [-0.15, -0.1) is 0 Å². The number of aromatic hydroxyl groups is 2. The summed E-state index contributed by atoms with van der Waals surface area (Å²) in [5.74, 6) is -1.47. The first-order chi connectivity index (χ1) is 7.78. The van der Waals surface area contributed by atoms with Gasteiger partial charge in [-0.1, -0.05) is 0 Å². The van der Waals surface area contributed by atoms with Gasteiger partial charge in [0.1, 0.15) is 11.5 Å². The van der Waals surface area contributed by atoms with Gasteiger partial charge in [0.25, 0.3) is 5.91 Å². The van der Waals surface area contributed by atoms with Crippen LogP contribution in [0.2, 0.25) is 0 Å². The van der Waals surface area contributed by atoms with Crippen LogP contribution in [0.3, 0.4) is 0 Å². The van der Waals surface area contributed by atoms with Crippen molar-refractivity contribution >= 4 is 5.91 Å². The molecule has 0 saturated carbocycles. The number of halogens is 3. The van der Waals surface area contributed by atoms with Gasteiger partial charge in [-0.05, 0) is 12.1 Å². The fraction of sp³-hybridized carbons (Fsp3) is 0.300. The molecule has 0 radical (unpaired) electrons. The molecule has 0 spiro atoms. The maximum atomic E-state index is 11.8. The highest BCUT2D eigenvalue weighted by Crippen LogP contribution is 2.21. The number of benzene rings is 1. The second-order valence-electron chi connectivity index (χ2n) is 3.36. The fourth-order valence-corrected chi connectivity index (χ4v) is 1.15. The zero-order valence-corrected chi connectivity index (χ0v) is 8.58. The Morgan fingerprint density at radius 2 is 1.71 bits per heavy atom. The van der Waals surface area contributed by atoms with Gasteiger partial charge in [-0.3, -0.25) is 4.79 Å². The average molecular weight is 249 g/mol. The molecule has 0 saturated heterocycles. The van der Waals surface area contributed by atoms with E-state index < -0.39 is 25.0 Å². The Balaban J connectivity index is 2.58. The first kappa shape index (κ1) is 13.1. The zero-order chi connectivity index (χ0) is 13.1. The standard InChI is InChI=1S/C10H10F3NO3/c11-10(12,13)1-2-14-9(17)6-3-7(15)5-8(16)4-6/h3-5,15-16H,1-2H2,(H,14,17). The van der Waals surface area contributed by atoms with Crippen molar-refractivity contribution in [3.63, 3.8) is 0 Å². The average Bonchev–Trinajstić information content (AvgIpc) is 2.13. The van der Waals surface area contributed by atoms with E-state index in [2.05, 4.69) is 0 Å². The van der Waals surface area contributed by atoms with Crippen LogP contribution in [-0.2, 0) is 0 Å². The van der Waals surface area contributed by atoms with E-state index in [1.165, 1.54) is 0 Å². The number of carbonyl (C=O) groups is 1. The Morgan fingerprint density at radius 3 is 2.18 bits per heavy atom. The Kier molecular flexibility index (Phi) is 3.82. The lowest BCUT2D eigenvalue weighted by Gasteiger charge is -2.08. The van der Waals surface area contributed by atoms with Crippen molar-refractivity contribution < 1.29 is 28.2 Å². The lowest BCUT2D eigenvalue weighted by atomic mass is 10.2. The second-order valence-corrected chi connectivity index (χ2v) is 3.36. The molecule has 94 valence electrons. The predicted octanol–water partition coefficient (Wildman–Crippen LogP) is 1.78. The van der Waals surface area contributed by atoms with Gasteiger partial charge >= 0.3 is 6.18 Å². The van der Waals surface area contributed by atoms with Crippen LogP contribution in [0.25, 0.3) is 0 Å². The summed E-state index contributed by atoms with van der Waals surface area (Å²) in [4.78, 5) is 11.3. The third-order valence-corrected chi connectivity index (χ3v) is 1.86. The molecular formula is C10H10F3NO3. The third kappa shape index (κ3) is 4.62. The molecule has 1 rings (SSSR count). The summed E-state index contributed by atoms with van der Waals surface area (Å²) in [6.07, 6.45) is -5.47. The number of carbonyl (C=O) groups excluding carboxylic acids is 1. The highest BCUT2D eigenvalue weighted by Gasteiger charge is 2.26. The normalized spacial score (nSPS) is 11.2. The summed E-state index contributed by atoms with van der Waals surface area (Å²) in [6.45, 7) is -0.557. The third-order valence-electron chi connectivity index (χ3n) is 1.86. The molecule has 3 N–H and O–H groups in total. The monoisotopic (exact) mass is 249 g/mol. The van der Waals surface area contributed by atoms with E-state index in [9.17, 15) is 18.0 Å². The molecule has 0 bridgehead atoms. The van der Waals surface area contributed by atoms with Crippen LogP contribution in [0, 0.1) is 0 Å². The summed E-state index contributed by atoms with van der Waals surface area (Å²) in [6, 6.07) is 3.10. The molecule has 0 aliphatic heterocycles. The molecule has 0 unspecified atom stereocenters. The maximum absolute atomic E-state index is 11.8. The fourth-order valence-electron chi connectivity index (χ4n) is 1.15. The molecule has 17 heavy (non-hydrogen) atoms. The minimum atomic E-state index is -4.34. The first-order valence-corrected chi connectivity index (χ1v) is 4.66. The number of rotatable bonds is 3. The molecule has 0 aliphatic carbocycles. The van der Waals surface area contributed by atoms with Crippen molar-refractivity contribution in [3.8, 4) is 11.5 Å². The quantitative estimate of drug-likeness (QED) is 0.764. The molecule has 0 aliphatic rings. The van der Waals surface area contributed by atoms with E-state index in [1.807, 2.05) is 5.32 Å². The van der Waals surface area contributed by atoms with Crippen LogP contribution >= 0.6 is 0 Å². The van der Waals surface area contributed by atoms with Gasteiger partial charge in [0, 0.05) is 18.2 Å². The van der Waals surface area contributed by atoms with Crippen LogP contribution in [0.1, 0.15) is 16.8 Å². The van der Waals surface area contributed by atoms with Crippen LogP contribution in [0.5, 0.6) is 11.5 Å². The van der Waals surface area contributed by atoms with Gasteiger partial charge < -0.3 is 15.5 Å². The summed E-state index contributed by atoms with van der Waals surface area (Å²) in [5.41, 5.74) is -0.107. The minimum Gasteiger partial charge on any atom is -0.508 e. The summed E-state index contributed by atoms with van der Waals surface area (Å²) in [7, 11) is 0. The van der Waals surface area contributed by atoms with E-state index >= 15 is 0 Å². The van der Waals surface area contributed by atoms with Crippen molar-refractivity contribution in [2.24, 2.45) is 0 Å². The van der Waals surface area contributed by atoms with E-state index in [1.54, 1.807) is 0 Å². The topological polar surface area (TPSA) is 69.6 Å². The largest absolute Gasteiger partial charge is 0.508 e. The molecule has 4 nitrogen and oxygen atoms in total. The lowest BCUT2D eigenvalue weighted by molar-refractivity contribution is -0.132. The van der Waals surface area contributed by atoms with Crippen molar-refractivity contribution in [2.75, 3.05) is 6.54 Å². The van der Waals surface area contributed by atoms with Crippen LogP contribution in [0.4, 0.5) is 13.2 Å². The van der Waals surface area contributed by atoms with E-state index in [0.717, 1.165) is 18.2 Å². The second kappa shape index (κ2) is 4.94. The van der Waals surface area contributed by atoms with E-state index in [-0.39, 0.29) is 17.1 Å². The van der Waals surface area contributed by atoms with Gasteiger partial charge in [0.05, 0.1) is 6.42 Å². The van der Waals surface area contributed by atoms with E-state index in [0.29, 0.717) is 0 Å². The summed E-state index contributed by atoms with van der Waals surface area (Å²) >= 11 is 0. The number of phenolic OH excluding ortho intramolecular Hbond substituents is 2. The van der Waals surface area contributed by atoms with Gasteiger partial charge in [0.15, 0.2) is 0 Å². The molecule has 7 heteroatoms. The number of hydrogen-bond donors (Lipinski definition) is 3. The molecule has 0 aromatic heterocycles. The smallest absolute Gasteiger partial charge is 0.390 e. The Hall–Kier alpha value is -1.92. The van der Waals surface area contributed by atoms with Gasteiger partial charge in [0.2, 0.25) is 0 Å². The van der Waals surface area contributed by atoms with E-state index in [4.69, 9.17) is 10.2 Å². The Morgan fingerprint density at radius 1 is 1.18 bits per heavy atom. The molecular weight excluding hydrogens is 239 g/mol. The number of nitrogens with one attached hydrogen (secondary N) is 1. The summed E-state index contributed by atoms with van der Waals surface area (Å²) in [5, 5.41) is 20.2. The highest BCUT2D eigenvalue weighted by molar-refractivity contribution is 5.95. The molecule has 0 fully saturated rings. The number of hydrogen-bond acceptors (Lipinski definition) is 3. The van der Waals surface area contributed by atoms with Crippen molar-refractivity contribution in [1.29, 1.82) is 0 Å². The first-order valence-electron chi connectivity index (χ1n) is 4.66. The zero-order valence-electron chi connectivity index (χ0n) is 8.58. The summed E-state index contributed by atoms with van der Waals surface area (Å²) < 4.78 is 35.4. The van der Waals surface area contributed by atoms with Crippen molar-refractivity contribution in [1.82, 2.24) is 5.32 Å². The number of phenols is 2. The minimum absolute atomic E-state index is 0.107. The Bertz CT molecular complexity index is 397. The number of amides is 1. The predicted molar refractivity (Wildman–Crippen MR) is 52.8 cm³/mol. The highest BCUT2D eigenvalue weighted by atomic mass is 19.4. The van der Waals surface area contributed by atoms with Crippen molar-refractivity contribution in [3.05, 3.63) is 23.8 Å².